The lowest BCUT2D eigenvalue weighted by Gasteiger charge is -2.16. The second-order valence-electron chi connectivity index (χ2n) is 6.65. The molecule has 134 valence electrons. The molecule has 1 aliphatic rings. The predicted octanol–water partition coefficient (Wildman–Crippen LogP) is 4.98. The van der Waals surface area contributed by atoms with Gasteiger partial charge in [0, 0.05) is 34.4 Å². The highest BCUT2D eigenvalue weighted by Gasteiger charge is 2.29. The Balaban J connectivity index is 1.66. The molecular weight excluding hydrogens is 338 g/mol. The summed E-state index contributed by atoms with van der Waals surface area (Å²) in [5.41, 5.74) is 3.11. The van der Waals surface area contributed by atoms with E-state index in [2.05, 4.69) is 23.2 Å². The number of halogens is 2. The molecule has 26 heavy (non-hydrogen) atoms. The van der Waals surface area contributed by atoms with Gasteiger partial charge in [-0.2, -0.15) is 8.78 Å². The normalized spacial score (nSPS) is 13.9. The molecule has 0 radical (unpaired) electrons. The Hall–Kier alpha value is -2.89. The van der Waals surface area contributed by atoms with E-state index < -0.39 is 6.61 Å². The number of alkyl halides is 2. The number of benzene rings is 2. The molecule has 0 atom stereocenters. The van der Waals surface area contributed by atoms with Crippen molar-refractivity contribution < 1.29 is 18.3 Å². The van der Waals surface area contributed by atoms with E-state index >= 15 is 0 Å². The first-order valence-corrected chi connectivity index (χ1v) is 8.44. The van der Waals surface area contributed by atoms with Gasteiger partial charge in [-0.3, -0.25) is 4.79 Å². The Morgan fingerprint density at radius 2 is 1.88 bits per heavy atom. The first-order chi connectivity index (χ1) is 12.4. The van der Waals surface area contributed by atoms with Crippen LogP contribution in [-0.2, 0) is 6.54 Å². The topological polar surface area (TPSA) is 34.5 Å². The van der Waals surface area contributed by atoms with Crippen LogP contribution in [0, 0.1) is 0 Å². The van der Waals surface area contributed by atoms with Crippen LogP contribution in [-0.4, -0.2) is 17.1 Å². The summed E-state index contributed by atoms with van der Waals surface area (Å²) < 4.78 is 31.4. The molecule has 0 saturated carbocycles. The number of aromatic nitrogens is 1. The Labute approximate surface area is 149 Å². The summed E-state index contributed by atoms with van der Waals surface area (Å²) >= 11 is 0. The van der Waals surface area contributed by atoms with Crippen molar-refractivity contribution in [1.29, 1.82) is 0 Å². The molecule has 1 amide bonds. The van der Waals surface area contributed by atoms with Crippen LogP contribution in [0.2, 0.25) is 0 Å². The number of amides is 1. The Morgan fingerprint density at radius 3 is 2.62 bits per heavy atom. The third kappa shape index (κ3) is 2.71. The van der Waals surface area contributed by atoms with Crippen LogP contribution in [0.15, 0.2) is 48.7 Å². The fourth-order valence-corrected chi connectivity index (χ4v) is 3.43. The maximum absolute atomic E-state index is 12.8. The molecule has 1 aliphatic heterocycles. The molecule has 0 fully saturated rings. The van der Waals surface area contributed by atoms with Crippen molar-refractivity contribution in [1.82, 2.24) is 4.57 Å². The molecule has 3 aromatic rings. The molecular formula is C20H18F2N2O2. The molecule has 6 heteroatoms. The number of anilines is 1. The zero-order chi connectivity index (χ0) is 18.4. The van der Waals surface area contributed by atoms with Crippen molar-refractivity contribution in [3.05, 3.63) is 59.8 Å². The van der Waals surface area contributed by atoms with Crippen LogP contribution in [0.1, 0.15) is 35.8 Å². The third-order valence-electron chi connectivity index (χ3n) is 4.68. The van der Waals surface area contributed by atoms with Crippen LogP contribution in [0.3, 0.4) is 0 Å². The van der Waals surface area contributed by atoms with Gasteiger partial charge in [-0.25, -0.2) is 0 Å². The Kier molecular flexibility index (Phi) is 3.90. The molecule has 0 aliphatic carbocycles. The van der Waals surface area contributed by atoms with Gasteiger partial charge < -0.3 is 14.2 Å². The second kappa shape index (κ2) is 6.12. The lowest BCUT2D eigenvalue weighted by atomic mass is 10.1. The highest BCUT2D eigenvalue weighted by Crippen LogP contribution is 2.33. The molecule has 2 aromatic carbocycles. The number of ether oxygens (including phenoxy) is 1. The van der Waals surface area contributed by atoms with Crippen LogP contribution in [0.4, 0.5) is 14.5 Å². The minimum atomic E-state index is -2.91. The van der Waals surface area contributed by atoms with Gasteiger partial charge in [0.05, 0.1) is 6.54 Å². The second-order valence-corrected chi connectivity index (χ2v) is 6.65. The maximum atomic E-state index is 12.8. The quantitative estimate of drug-likeness (QED) is 0.660. The van der Waals surface area contributed by atoms with E-state index in [1.54, 1.807) is 11.0 Å². The van der Waals surface area contributed by atoms with Gasteiger partial charge in [0.25, 0.3) is 5.91 Å². The highest BCUT2D eigenvalue weighted by molar-refractivity contribution is 6.10. The van der Waals surface area contributed by atoms with Crippen molar-refractivity contribution in [3.8, 4) is 5.75 Å². The summed E-state index contributed by atoms with van der Waals surface area (Å²) in [6.45, 7) is 1.74. The molecule has 2 heterocycles. The number of carbonyl (C=O) groups excluding carboxylic acids is 1. The number of hydrogen-bond acceptors (Lipinski definition) is 2. The summed E-state index contributed by atoms with van der Waals surface area (Å²) in [6.07, 6.45) is 2.04. The Bertz CT molecular complexity index is 995. The van der Waals surface area contributed by atoms with Crippen LogP contribution in [0.25, 0.3) is 10.9 Å². The molecule has 0 spiro atoms. The summed E-state index contributed by atoms with van der Waals surface area (Å²) in [6, 6.07) is 12.8. The van der Waals surface area contributed by atoms with Crippen molar-refractivity contribution in [2.45, 2.75) is 33.0 Å². The SMILES string of the molecule is CC(C)n1ccc2cc(N3Cc4ccc(OC(F)F)cc4C3=O)ccc21. The molecule has 0 unspecified atom stereocenters. The number of carbonyl (C=O) groups is 1. The minimum absolute atomic E-state index is 0.00147. The van der Waals surface area contributed by atoms with Crippen LogP contribution in [0.5, 0.6) is 5.75 Å². The molecule has 1 aromatic heterocycles. The van der Waals surface area contributed by atoms with Crippen LogP contribution >= 0.6 is 0 Å². The number of fused-ring (bicyclic) bond motifs is 2. The zero-order valence-electron chi connectivity index (χ0n) is 14.4. The Morgan fingerprint density at radius 1 is 1.08 bits per heavy atom. The van der Waals surface area contributed by atoms with E-state index in [1.165, 1.54) is 12.1 Å². The van der Waals surface area contributed by atoms with Crippen molar-refractivity contribution in [2.24, 2.45) is 0 Å². The lowest BCUT2D eigenvalue weighted by Crippen LogP contribution is -2.22. The molecule has 4 nitrogen and oxygen atoms in total. The highest BCUT2D eigenvalue weighted by atomic mass is 19.3. The van der Waals surface area contributed by atoms with Gasteiger partial charge in [-0.15, -0.1) is 0 Å². The summed E-state index contributed by atoms with van der Waals surface area (Å²) in [4.78, 5) is 14.4. The fraction of sp³-hybridized carbons (Fsp3) is 0.250. The first-order valence-electron chi connectivity index (χ1n) is 8.44. The smallest absolute Gasteiger partial charge is 0.387 e. The van der Waals surface area contributed by atoms with Gasteiger partial charge in [-0.05, 0) is 55.8 Å². The van der Waals surface area contributed by atoms with E-state index in [0.29, 0.717) is 18.2 Å². The van der Waals surface area contributed by atoms with Crippen molar-refractivity contribution in [3.63, 3.8) is 0 Å². The lowest BCUT2D eigenvalue weighted by molar-refractivity contribution is -0.0498. The summed E-state index contributed by atoms with van der Waals surface area (Å²) in [5, 5.41) is 1.06. The number of hydrogen-bond donors (Lipinski definition) is 0. The van der Waals surface area contributed by atoms with Crippen LogP contribution < -0.4 is 9.64 Å². The van der Waals surface area contributed by atoms with E-state index in [0.717, 1.165) is 22.2 Å². The first kappa shape index (κ1) is 16.6. The maximum Gasteiger partial charge on any atom is 0.387 e. The van der Waals surface area contributed by atoms with Crippen molar-refractivity contribution in [2.75, 3.05) is 4.90 Å². The average Bonchev–Trinajstić information content (AvgIpc) is 3.15. The molecule has 0 saturated heterocycles. The van der Waals surface area contributed by atoms with Gasteiger partial charge in [0.2, 0.25) is 0 Å². The predicted molar refractivity (Wildman–Crippen MR) is 95.9 cm³/mol. The minimum Gasteiger partial charge on any atom is -0.435 e. The monoisotopic (exact) mass is 356 g/mol. The van der Waals surface area contributed by atoms with Gasteiger partial charge in [0.1, 0.15) is 5.75 Å². The van der Waals surface area contributed by atoms with Gasteiger partial charge >= 0.3 is 6.61 Å². The summed E-state index contributed by atoms with van der Waals surface area (Å²) in [5.74, 6) is -0.208. The van der Waals surface area contributed by atoms with E-state index in [4.69, 9.17) is 0 Å². The molecule has 4 rings (SSSR count). The van der Waals surface area contributed by atoms with E-state index in [-0.39, 0.29) is 11.7 Å². The van der Waals surface area contributed by atoms with Crippen molar-refractivity contribution >= 4 is 22.5 Å². The number of rotatable bonds is 4. The molecule has 0 bridgehead atoms. The molecule has 0 N–H and O–H groups in total. The number of nitrogens with zero attached hydrogens (tertiary/aromatic N) is 2. The van der Waals surface area contributed by atoms with Gasteiger partial charge in [-0.1, -0.05) is 6.07 Å². The fourth-order valence-electron chi connectivity index (χ4n) is 3.43. The zero-order valence-corrected chi connectivity index (χ0v) is 14.4. The van der Waals surface area contributed by atoms with E-state index in [9.17, 15) is 13.6 Å². The summed E-state index contributed by atoms with van der Waals surface area (Å²) in [7, 11) is 0. The third-order valence-corrected chi connectivity index (χ3v) is 4.68. The average molecular weight is 356 g/mol. The van der Waals surface area contributed by atoms with Gasteiger partial charge in [0.15, 0.2) is 0 Å². The van der Waals surface area contributed by atoms with E-state index in [1.807, 2.05) is 30.5 Å². The largest absolute Gasteiger partial charge is 0.435 e. The standard InChI is InChI=1S/C20H18F2N2O2/c1-12(2)23-8-7-13-9-15(4-6-18(13)23)24-11-14-3-5-16(26-20(21)22)10-17(14)19(24)25/h3-10,12,20H,11H2,1-2H3.